The first-order chi connectivity index (χ1) is 6.68. The molecule has 1 atom stereocenters. The number of hydrogen-bond donors (Lipinski definition) is 1. The first-order valence-electron chi connectivity index (χ1n) is 4.40. The molecule has 1 unspecified atom stereocenters. The molecule has 1 aliphatic rings. The van der Waals surface area contributed by atoms with E-state index in [0.717, 1.165) is 0 Å². The maximum atomic E-state index is 11.7. The molecule has 74 valence electrons. The van der Waals surface area contributed by atoms with E-state index >= 15 is 0 Å². The number of ketones is 1. The quantitative estimate of drug-likeness (QED) is 0.710. The molecule has 1 aromatic rings. The van der Waals surface area contributed by atoms with E-state index in [0.29, 0.717) is 29.4 Å². The molecule has 1 aromatic carbocycles. The van der Waals surface area contributed by atoms with E-state index in [4.69, 9.17) is 22.1 Å². The second-order valence-corrected chi connectivity index (χ2v) is 3.68. The molecular formula is C10H10ClNO2. The third-order valence-corrected chi connectivity index (χ3v) is 2.47. The van der Waals surface area contributed by atoms with E-state index in [1.54, 1.807) is 18.2 Å². The van der Waals surface area contributed by atoms with E-state index < -0.39 is 6.04 Å². The molecule has 0 spiro atoms. The Morgan fingerprint density at radius 3 is 3.07 bits per heavy atom. The number of rotatable bonds is 0. The Bertz CT molecular complexity index is 378. The van der Waals surface area contributed by atoms with Crippen molar-refractivity contribution in [1.82, 2.24) is 0 Å². The summed E-state index contributed by atoms with van der Waals surface area (Å²) in [5.74, 6) is 0.479. The van der Waals surface area contributed by atoms with Gasteiger partial charge in [0, 0.05) is 11.4 Å². The molecule has 0 radical (unpaired) electrons. The highest BCUT2D eigenvalue weighted by atomic mass is 35.5. The zero-order chi connectivity index (χ0) is 10.1. The number of ether oxygens (including phenoxy) is 1. The topological polar surface area (TPSA) is 52.3 Å². The number of benzene rings is 1. The van der Waals surface area contributed by atoms with Gasteiger partial charge in [-0.25, -0.2) is 0 Å². The van der Waals surface area contributed by atoms with Crippen LogP contribution in [0.25, 0.3) is 0 Å². The summed E-state index contributed by atoms with van der Waals surface area (Å²) in [6.07, 6.45) is 0.547. The molecule has 0 bridgehead atoms. The molecule has 0 amide bonds. The predicted octanol–water partition coefficient (Wildman–Crippen LogP) is 1.63. The van der Waals surface area contributed by atoms with Crippen LogP contribution in [0.3, 0.4) is 0 Å². The van der Waals surface area contributed by atoms with Crippen LogP contribution in [0.15, 0.2) is 18.2 Å². The number of hydrogen-bond acceptors (Lipinski definition) is 3. The van der Waals surface area contributed by atoms with Crippen LogP contribution in [0.1, 0.15) is 16.8 Å². The number of halogens is 1. The minimum atomic E-state index is -0.477. The summed E-state index contributed by atoms with van der Waals surface area (Å²) in [6, 6.07) is 4.53. The first-order valence-corrected chi connectivity index (χ1v) is 4.78. The Balaban J connectivity index is 2.50. The van der Waals surface area contributed by atoms with Gasteiger partial charge in [-0.05, 0) is 18.2 Å². The van der Waals surface area contributed by atoms with Crippen LogP contribution in [0.2, 0.25) is 5.02 Å². The Hall–Kier alpha value is -1.06. The summed E-state index contributed by atoms with van der Waals surface area (Å²) >= 11 is 5.79. The second kappa shape index (κ2) is 3.59. The van der Waals surface area contributed by atoms with Gasteiger partial charge in [-0.2, -0.15) is 0 Å². The highest BCUT2D eigenvalue weighted by molar-refractivity contribution is 6.31. The maximum absolute atomic E-state index is 11.7. The van der Waals surface area contributed by atoms with Crippen molar-refractivity contribution in [2.24, 2.45) is 5.73 Å². The lowest BCUT2D eigenvalue weighted by Crippen LogP contribution is -2.30. The second-order valence-electron chi connectivity index (χ2n) is 3.25. The first kappa shape index (κ1) is 9.49. The normalized spacial score (nSPS) is 21.0. The van der Waals surface area contributed by atoms with Crippen LogP contribution in [0.5, 0.6) is 5.75 Å². The van der Waals surface area contributed by atoms with Crippen molar-refractivity contribution in [1.29, 1.82) is 0 Å². The number of nitrogens with two attached hydrogens (primary N) is 1. The fourth-order valence-corrected chi connectivity index (χ4v) is 1.62. The molecule has 0 saturated heterocycles. The van der Waals surface area contributed by atoms with Gasteiger partial charge in [-0.1, -0.05) is 11.6 Å². The average molecular weight is 212 g/mol. The maximum Gasteiger partial charge on any atom is 0.183 e. The fraction of sp³-hybridized carbons (Fsp3) is 0.300. The van der Waals surface area contributed by atoms with Gasteiger partial charge in [0.25, 0.3) is 0 Å². The van der Waals surface area contributed by atoms with Crippen LogP contribution in [-0.4, -0.2) is 18.4 Å². The van der Waals surface area contributed by atoms with Gasteiger partial charge in [-0.3, -0.25) is 4.79 Å². The highest BCUT2D eigenvalue weighted by Gasteiger charge is 2.23. The molecule has 2 rings (SSSR count). The van der Waals surface area contributed by atoms with Gasteiger partial charge in [0.05, 0.1) is 18.2 Å². The third kappa shape index (κ3) is 1.61. The van der Waals surface area contributed by atoms with E-state index in [2.05, 4.69) is 0 Å². The Morgan fingerprint density at radius 2 is 2.29 bits per heavy atom. The molecule has 0 aromatic heterocycles. The highest BCUT2D eigenvalue weighted by Crippen LogP contribution is 2.26. The van der Waals surface area contributed by atoms with E-state index in [1.165, 1.54) is 0 Å². The molecule has 14 heavy (non-hydrogen) atoms. The van der Waals surface area contributed by atoms with Gasteiger partial charge >= 0.3 is 0 Å². The van der Waals surface area contributed by atoms with E-state index in [1.807, 2.05) is 0 Å². The molecule has 4 heteroatoms. The molecular weight excluding hydrogens is 202 g/mol. The molecule has 0 aliphatic carbocycles. The van der Waals surface area contributed by atoms with Gasteiger partial charge in [0.1, 0.15) is 5.75 Å². The summed E-state index contributed by atoms with van der Waals surface area (Å²) in [6.45, 7) is 0.474. The summed E-state index contributed by atoms with van der Waals surface area (Å²) in [7, 11) is 0. The minimum absolute atomic E-state index is 0.0972. The number of fused-ring (bicyclic) bond motifs is 1. The van der Waals surface area contributed by atoms with Gasteiger partial charge in [0.2, 0.25) is 0 Å². The molecule has 2 N–H and O–H groups in total. The summed E-state index contributed by atoms with van der Waals surface area (Å²) < 4.78 is 5.38. The smallest absolute Gasteiger partial charge is 0.183 e. The molecule has 1 heterocycles. The molecule has 1 aliphatic heterocycles. The van der Waals surface area contributed by atoms with Crippen molar-refractivity contribution in [2.45, 2.75) is 12.5 Å². The lowest BCUT2D eigenvalue weighted by molar-refractivity contribution is 0.0960. The molecule has 3 nitrogen and oxygen atoms in total. The van der Waals surface area contributed by atoms with Crippen molar-refractivity contribution in [2.75, 3.05) is 6.61 Å². The van der Waals surface area contributed by atoms with Crippen LogP contribution >= 0.6 is 11.6 Å². The van der Waals surface area contributed by atoms with Gasteiger partial charge in [0.15, 0.2) is 5.78 Å². The van der Waals surface area contributed by atoms with Gasteiger partial charge < -0.3 is 10.5 Å². The number of carbonyl (C=O) groups excluding carboxylic acids is 1. The summed E-state index contributed by atoms with van der Waals surface area (Å²) in [5, 5.41) is 0.523. The zero-order valence-corrected chi connectivity index (χ0v) is 8.25. The largest absolute Gasteiger partial charge is 0.493 e. The summed E-state index contributed by atoms with van der Waals surface area (Å²) in [5.41, 5.74) is 6.16. The Labute approximate surface area is 86.8 Å². The molecule has 0 fully saturated rings. The lowest BCUT2D eigenvalue weighted by atomic mass is 10.0. The SMILES string of the molecule is NC1CCOc2ccc(Cl)cc2C1=O. The molecule has 0 saturated carbocycles. The van der Waals surface area contributed by atoms with E-state index in [9.17, 15) is 4.79 Å². The average Bonchev–Trinajstić information content (AvgIpc) is 2.30. The number of Topliss-reactive ketones (excluding diaryl/α,β-unsaturated/α-hetero) is 1. The van der Waals surface area contributed by atoms with Crippen molar-refractivity contribution in [3.05, 3.63) is 28.8 Å². The predicted molar refractivity (Wildman–Crippen MR) is 53.9 cm³/mol. The van der Waals surface area contributed by atoms with E-state index in [-0.39, 0.29) is 5.78 Å². The van der Waals surface area contributed by atoms with Crippen molar-refractivity contribution >= 4 is 17.4 Å². The summed E-state index contributed by atoms with van der Waals surface area (Å²) in [4.78, 5) is 11.7. The van der Waals surface area contributed by atoms with Crippen molar-refractivity contribution in [3.63, 3.8) is 0 Å². The third-order valence-electron chi connectivity index (χ3n) is 2.23. The van der Waals surface area contributed by atoms with Crippen molar-refractivity contribution < 1.29 is 9.53 Å². The Kier molecular flexibility index (Phi) is 2.44. The lowest BCUT2D eigenvalue weighted by Gasteiger charge is -2.06. The van der Waals surface area contributed by atoms with Crippen LogP contribution < -0.4 is 10.5 Å². The van der Waals surface area contributed by atoms with Crippen LogP contribution in [0.4, 0.5) is 0 Å². The number of carbonyl (C=O) groups is 1. The fourth-order valence-electron chi connectivity index (χ4n) is 1.45. The zero-order valence-electron chi connectivity index (χ0n) is 7.50. The Morgan fingerprint density at radius 1 is 1.50 bits per heavy atom. The van der Waals surface area contributed by atoms with Crippen LogP contribution in [-0.2, 0) is 0 Å². The van der Waals surface area contributed by atoms with Gasteiger partial charge in [-0.15, -0.1) is 0 Å². The standard InChI is InChI=1S/C10H10ClNO2/c11-6-1-2-9-7(5-6)10(13)8(12)3-4-14-9/h1-2,5,8H,3-4,12H2. The minimum Gasteiger partial charge on any atom is -0.493 e. The monoisotopic (exact) mass is 211 g/mol. The van der Waals surface area contributed by atoms with Crippen LogP contribution in [0, 0.1) is 0 Å². The van der Waals surface area contributed by atoms with Crippen molar-refractivity contribution in [3.8, 4) is 5.75 Å².